The van der Waals surface area contributed by atoms with Crippen LogP contribution in [0.3, 0.4) is 0 Å². The molecular weight excluding hydrogens is 314 g/mol. The van der Waals surface area contributed by atoms with Gasteiger partial charge in [-0.3, -0.25) is 0 Å². The predicted octanol–water partition coefficient (Wildman–Crippen LogP) is 3.41. The van der Waals surface area contributed by atoms with Gasteiger partial charge in [0, 0.05) is 10.6 Å². The second-order valence-electron chi connectivity index (χ2n) is 4.24. The van der Waals surface area contributed by atoms with Crippen LogP contribution in [0.25, 0.3) is 5.69 Å². The molecule has 96 valence electrons. The van der Waals surface area contributed by atoms with Gasteiger partial charge in [-0.1, -0.05) is 11.6 Å². The Kier molecular flexibility index (Phi) is 4.10. The molecule has 0 saturated carbocycles. The molecule has 0 fully saturated rings. The maximum Gasteiger partial charge on any atom is 0.113 e. The fourth-order valence-corrected chi connectivity index (χ4v) is 2.96. The minimum atomic E-state index is 0.616. The zero-order chi connectivity index (χ0) is 13.3. The van der Waals surface area contributed by atoms with Crippen molar-refractivity contribution in [3.8, 4) is 5.69 Å². The first-order valence-corrected chi connectivity index (χ1v) is 6.92. The number of nitrogens with two attached hydrogens (primary N) is 1. The number of rotatable bonds is 3. The van der Waals surface area contributed by atoms with Crippen molar-refractivity contribution >= 4 is 27.5 Å². The SMILES string of the molecule is Cc1cc(Cl)ccc1-n1nc(C)c(CCN)c1Br. The monoisotopic (exact) mass is 327 g/mol. The summed E-state index contributed by atoms with van der Waals surface area (Å²) >= 11 is 9.58. The third-order valence-electron chi connectivity index (χ3n) is 2.90. The second-order valence-corrected chi connectivity index (χ2v) is 5.42. The summed E-state index contributed by atoms with van der Waals surface area (Å²) in [5, 5.41) is 5.30. The Morgan fingerprint density at radius 2 is 2.11 bits per heavy atom. The van der Waals surface area contributed by atoms with E-state index in [1.807, 2.05) is 36.7 Å². The summed E-state index contributed by atoms with van der Waals surface area (Å²) in [6, 6.07) is 5.78. The Bertz CT molecular complexity index is 578. The average molecular weight is 329 g/mol. The van der Waals surface area contributed by atoms with Crippen LogP contribution in [0.5, 0.6) is 0 Å². The van der Waals surface area contributed by atoms with Crippen molar-refractivity contribution in [2.75, 3.05) is 6.54 Å². The van der Waals surface area contributed by atoms with Crippen molar-refractivity contribution in [2.45, 2.75) is 20.3 Å². The van der Waals surface area contributed by atoms with E-state index in [-0.39, 0.29) is 0 Å². The summed E-state index contributed by atoms with van der Waals surface area (Å²) < 4.78 is 2.86. The summed E-state index contributed by atoms with van der Waals surface area (Å²) in [6.45, 7) is 4.63. The first-order valence-electron chi connectivity index (χ1n) is 5.75. The Balaban J connectivity index is 2.54. The molecule has 5 heteroatoms. The van der Waals surface area contributed by atoms with Crippen LogP contribution in [0.4, 0.5) is 0 Å². The van der Waals surface area contributed by atoms with Gasteiger partial charge in [0.1, 0.15) is 4.60 Å². The van der Waals surface area contributed by atoms with Crippen LogP contribution in [0.15, 0.2) is 22.8 Å². The molecule has 0 radical (unpaired) electrons. The van der Waals surface area contributed by atoms with Crippen molar-refractivity contribution in [3.63, 3.8) is 0 Å². The third kappa shape index (κ3) is 2.46. The van der Waals surface area contributed by atoms with Gasteiger partial charge in [-0.15, -0.1) is 0 Å². The van der Waals surface area contributed by atoms with E-state index in [2.05, 4.69) is 21.0 Å². The van der Waals surface area contributed by atoms with Crippen molar-refractivity contribution in [1.82, 2.24) is 9.78 Å². The number of halogens is 2. The lowest BCUT2D eigenvalue weighted by Gasteiger charge is -2.08. The molecule has 1 heterocycles. The van der Waals surface area contributed by atoms with E-state index in [4.69, 9.17) is 17.3 Å². The first-order chi connectivity index (χ1) is 8.54. The van der Waals surface area contributed by atoms with Gasteiger partial charge in [-0.05, 0) is 66.5 Å². The standard InChI is InChI=1S/C13H15BrClN3/c1-8-7-10(15)3-4-12(8)18-13(14)11(5-6-16)9(2)17-18/h3-4,7H,5-6,16H2,1-2H3. The van der Waals surface area contributed by atoms with Gasteiger partial charge in [0.15, 0.2) is 0 Å². The fourth-order valence-electron chi connectivity index (χ4n) is 1.98. The van der Waals surface area contributed by atoms with Gasteiger partial charge in [0.25, 0.3) is 0 Å². The zero-order valence-electron chi connectivity index (χ0n) is 10.4. The topological polar surface area (TPSA) is 43.8 Å². The summed E-state index contributed by atoms with van der Waals surface area (Å²) in [7, 11) is 0. The quantitative estimate of drug-likeness (QED) is 0.938. The summed E-state index contributed by atoms with van der Waals surface area (Å²) in [5.74, 6) is 0. The van der Waals surface area contributed by atoms with E-state index in [1.165, 1.54) is 0 Å². The lowest BCUT2D eigenvalue weighted by molar-refractivity contribution is 0.838. The first kappa shape index (κ1) is 13.6. The number of aromatic nitrogens is 2. The molecule has 1 aromatic carbocycles. The van der Waals surface area contributed by atoms with Gasteiger partial charge >= 0.3 is 0 Å². The normalized spacial score (nSPS) is 10.9. The number of benzene rings is 1. The Labute approximate surface area is 120 Å². The molecular formula is C13H15BrClN3. The number of aryl methyl sites for hydroxylation is 2. The smallest absolute Gasteiger partial charge is 0.113 e. The molecule has 2 rings (SSSR count). The molecule has 1 aromatic heterocycles. The predicted molar refractivity (Wildman–Crippen MR) is 78.5 cm³/mol. The van der Waals surface area contributed by atoms with Gasteiger partial charge < -0.3 is 5.73 Å². The molecule has 0 aliphatic rings. The van der Waals surface area contributed by atoms with Crippen LogP contribution in [0, 0.1) is 13.8 Å². The Morgan fingerprint density at radius 3 is 2.72 bits per heavy atom. The number of hydrogen-bond donors (Lipinski definition) is 1. The molecule has 0 saturated heterocycles. The molecule has 0 bridgehead atoms. The van der Waals surface area contributed by atoms with Gasteiger partial charge in [0.05, 0.1) is 11.4 Å². The molecule has 0 aliphatic heterocycles. The van der Waals surface area contributed by atoms with E-state index >= 15 is 0 Å². The van der Waals surface area contributed by atoms with Crippen molar-refractivity contribution in [2.24, 2.45) is 5.73 Å². The summed E-state index contributed by atoms with van der Waals surface area (Å²) in [5.41, 5.74) is 9.89. The van der Waals surface area contributed by atoms with Crippen LogP contribution in [-0.2, 0) is 6.42 Å². The Morgan fingerprint density at radius 1 is 1.39 bits per heavy atom. The average Bonchev–Trinajstić information content (AvgIpc) is 2.58. The van der Waals surface area contributed by atoms with Crippen LogP contribution in [-0.4, -0.2) is 16.3 Å². The molecule has 3 nitrogen and oxygen atoms in total. The lowest BCUT2D eigenvalue weighted by Crippen LogP contribution is -2.04. The third-order valence-corrected chi connectivity index (χ3v) is 3.95. The molecule has 2 aromatic rings. The molecule has 2 N–H and O–H groups in total. The van der Waals surface area contributed by atoms with Crippen LogP contribution >= 0.6 is 27.5 Å². The molecule has 0 unspecified atom stereocenters. The van der Waals surface area contributed by atoms with Crippen molar-refractivity contribution < 1.29 is 0 Å². The highest BCUT2D eigenvalue weighted by molar-refractivity contribution is 9.10. The highest BCUT2D eigenvalue weighted by Crippen LogP contribution is 2.27. The van der Waals surface area contributed by atoms with Crippen LogP contribution in [0.2, 0.25) is 5.02 Å². The van der Waals surface area contributed by atoms with Crippen LogP contribution in [0.1, 0.15) is 16.8 Å². The van der Waals surface area contributed by atoms with Gasteiger partial charge in [0.2, 0.25) is 0 Å². The minimum Gasteiger partial charge on any atom is -0.330 e. The highest BCUT2D eigenvalue weighted by Gasteiger charge is 2.14. The molecule has 0 spiro atoms. The van der Waals surface area contributed by atoms with E-state index < -0.39 is 0 Å². The minimum absolute atomic E-state index is 0.616. The molecule has 0 amide bonds. The largest absolute Gasteiger partial charge is 0.330 e. The zero-order valence-corrected chi connectivity index (χ0v) is 12.7. The van der Waals surface area contributed by atoms with Gasteiger partial charge in [-0.2, -0.15) is 5.10 Å². The number of nitrogens with zero attached hydrogens (tertiary/aromatic N) is 2. The van der Waals surface area contributed by atoms with Crippen LogP contribution < -0.4 is 5.73 Å². The fraction of sp³-hybridized carbons (Fsp3) is 0.308. The van der Waals surface area contributed by atoms with E-state index in [1.54, 1.807) is 0 Å². The second kappa shape index (κ2) is 5.43. The summed E-state index contributed by atoms with van der Waals surface area (Å²) in [4.78, 5) is 0. The maximum atomic E-state index is 5.97. The van der Waals surface area contributed by atoms with Crippen molar-refractivity contribution in [1.29, 1.82) is 0 Å². The molecule has 18 heavy (non-hydrogen) atoms. The van der Waals surface area contributed by atoms with Crippen molar-refractivity contribution in [3.05, 3.63) is 44.6 Å². The molecule has 0 aliphatic carbocycles. The summed E-state index contributed by atoms with van der Waals surface area (Å²) in [6.07, 6.45) is 0.819. The lowest BCUT2D eigenvalue weighted by atomic mass is 10.2. The van der Waals surface area contributed by atoms with E-state index in [9.17, 15) is 0 Å². The maximum absolute atomic E-state index is 5.97. The van der Waals surface area contributed by atoms with E-state index in [0.717, 1.165) is 38.6 Å². The number of hydrogen-bond acceptors (Lipinski definition) is 2. The van der Waals surface area contributed by atoms with E-state index in [0.29, 0.717) is 6.54 Å². The molecule has 0 atom stereocenters. The Hall–Kier alpha value is -0.840. The highest BCUT2D eigenvalue weighted by atomic mass is 79.9. The van der Waals surface area contributed by atoms with Gasteiger partial charge in [-0.25, -0.2) is 4.68 Å².